The second kappa shape index (κ2) is 6.65. The summed E-state index contributed by atoms with van der Waals surface area (Å²) in [6, 6.07) is 8.46. The van der Waals surface area contributed by atoms with Gasteiger partial charge in [0.15, 0.2) is 11.5 Å². The minimum absolute atomic E-state index is 0.172. The maximum Gasteiger partial charge on any atom is 0.243 e. The van der Waals surface area contributed by atoms with Crippen molar-refractivity contribution in [2.45, 2.75) is 30.2 Å². The van der Waals surface area contributed by atoms with Crippen LogP contribution in [0, 0.1) is 0 Å². The van der Waals surface area contributed by atoms with Crippen molar-refractivity contribution < 1.29 is 17.9 Å². The summed E-state index contributed by atoms with van der Waals surface area (Å²) in [6.45, 7) is 1.61. The first-order valence-electron chi connectivity index (χ1n) is 8.48. The number of fused-ring (bicyclic) bond motifs is 1. The molecule has 1 aromatic heterocycles. The smallest absolute Gasteiger partial charge is 0.243 e. The number of nitrogens with zero attached hydrogens (tertiary/aromatic N) is 2. The molecule has 1 atom stereocenters. The van der Waals surface area contributed by atoms with Gasteiger partial charge in [0, 0.05) is 31.4 Å². The lowest BCUT2D eigenvalue weighted by atomic mass is 10.1. The van der Waals surface area contributed by atoms with E-state index in [1.54, 1.807) is 34.9 Å². The summed E-state index contributed by atoms with van der Waals surface area (Å²) in [5.74, 6) is 1.09. The fourth-order valence-electron chi connectivity index (χ4n) is 3.37. The average Bonchev–Trinajstić information content (AvgIpc) is 3.02. The maximum atomic E-state index is 13.2. The van der Waals surface area contributed by atoms with Gasteiger partial charge in [0.25, 0.3) is 0 Å². The monoisotopic (exact) mass is 360 g/mol. The molecule has 1 aromatic carbocycles. The third-order valence-corrected chi connectivity index (χ3v) is 6.50. The highest BCUT2D eigenvalue weighted by molar-refractivity contribution is 7.89. The number of rotatable bonds is 3. The van der Waals surface area contributed by atoms with Gasteiger partial charge in [0.05, 0.1) is 24.2 Å². The van der Waals surface area contributed by atoms with Crippen LogP contribution in [0.1, 0.15) is 30.9 Å². The number of hydrogen-bond donors (Lipinski definition) is 0. The van der Waals surface area contributed by atoms with Gasteiger partial charge in [-0.05, 0) is 36.6 Å². The Morgan fingerprint density at radius 1 is 1.08 bits per heavy atom. The average molecular weight is 360 g/mol. The van der Waals surface area contributed by atoms with Crippen LogP contribution in [0.4, 0.5) is 0 Å². The van der Waals surface area contributed by atoms with Crippen LogP contribution in [0.3, 0.4) is 0 Å². The Kier molecular flexibility index (Phi) is 4.35. The van der Waals surface area contributed by atoms with E-state index < -0.39 is 10.0 Å². The maximum absolute atomic E-state index is 13.2. The van der Waals surface area contributed by atoms with Gasteiger partial charge in [0.2, 0.25) is 10.0 Å². The molecule has 0 aliphatic carbocycles. The third-order valence-electron chi connectivity index (χ3n) is 4.60. The molecule has 6 nitrogen and oxygen atoms in total. The van der Waals surface area contributed by atoms with Crippen molar-refractivity contribution in [2.75, 3.05) is 19.8 Å². The van der Waals surface area contributed by atoms with Crippen molar-refractivity contribution in [1.29, 1.82) is 0 Å². The van der Waals surface area contributed by atoms with Crippen LogP contribution in [0.15, 0.2) is 47.6 Å². The quantitative estimate of drug-likeness (QED) is 0.842. The zero-order chi connectivity index (χ0) is 17.3. The number of ether oxygens (including phenoxy) is 2. The molecule has 0 unspecified atom stereocenters. The number of aromatic nitrogens is 1. The van der Waals surface area contributed by atoms with Gasteiger partial charge < -0.3 is 9.47 Å². The van der Waals surface area contributed by atoms with Crippen LogP contribution < -0.4 is 9.47 Å². The van der Waals surface area contributed by atoms with Crippen LogP contribution >= 0.6 is 0 Å². The molecule has 0 N–H and O–H groups in total. The highest BCUT2D eigenvalue weighted by Crippen LogP contribution is 2.38. The molecule has 0 saturated carbocycles. The lowest BCUT2D eigenvalue weighted by Gasteiger charge is -2.24. The summed E-state index contributed by atoms with van der Waals surface area (Å²) < 4.78 is 39.2. The van der Waals surface area contributed by atoms with E-state index in [2.05, 4.69) is 4.98 Å². The molecule has 25 heavy (non-hydrogen) atoms. The molecule has 3 heterocycles. The van der Waals surface area contributed by atoms with Crippen LogP contribution in [0.5, 0.6) is 11.5 Å². The predicted octanol–water partition coefficient (Wildman–Crippen LogP) is 2.77. The van der Waals surface area contributed by atoms with Crippen molar-refractivity contribution in [2.24, 2.45) is 0 Å². The second-order valence-electron chi connectivity index (χ2n) is 6.22. The Hall–Kier alpha value is -2.12. The number of sulfonamides is 1. The number of hydrogen-bond acceptors (Lipinski definition) is 5. The lowest BCUT2D eigenvalue weighted by molar-refractivity contribution is 0.296. The first kappa shape index (κ1) is 16.4. The first-order chi connectivity index (χ1) is 12.2. The van der Waals surface area contributed by atoms with E-state index in [0.717, 1.165) is 24.8 Å². The molecule has 2 aliphatic heterocycles. The second-order valence-corrected chi connectivity index (χ2v) is 8.11. The van der Waals surface area contributed by atoms with E-state index in [4.69, 9.17) is 9.47 Å². The van der Waals surface area contributed by atoms with Gasteiger partial charge in [0.1, 0.15) is 0 Å². The van der Waals surface area contributed by atoms with Crippen LogP contribution in [0.25, 0.3) is 0 Å². The Bertz CT molecular complexity index is 855. The SMILES string of the molecule is O=S(=O)(c1ccc2c(c1)OCCCO2)N1CCC[C@@H]1c1cccnc1. The van der Waals surface area contributed by atoms with E-state index in [-0.39, 0.29) is 10.9 Å². The van der Waals surface area contributed by atoms with Crippen LogP contribution in [0.2, 0.25) is 0 Å². The third kappa shape index (κ3) is 3.09. The topological polar surface area (TPSA) is 68.7 Å². The van der Waals surface area contributed by atoms with Gasteiger partial charge in [-0.3, -0.25) is 4.98 Å². The van der Waals surface area contributed by atoms with E-state index >= 15 is 0 Å². The zero-order valence-corrected chi connectivity index (χ0v) is 14.6. The van der Waals surface area contributed by atoms with E-state index in [1.807, 2.05) is 12.1 Å². The van der Waals surface area contributed by atoms with Gasteiger partial charge >= 0.3 is 0 Å². The standard InChI is InChI=1S/C18H20N2O4S/c21-25(22,15-6-7-17-18(12-15)24-11-3-10-23-17)20-9-2-5-16(20)14-4-1-8-19-13-14/h1,4,6-8,12-13,16H,2-3,5,9-11H2/t16-/m1/s1. The van der Waals surface area contributed by atoms with Gasteiger partial charge in [-0.25, -0.2) is 8.42 Å². The minimum Gasteiger partial charge on any atom is -0.490 e. The summed E-state index contributed by atoms with van der Waals surface area (Å²) in [4.78, 5) is 4.37. The largest absolute Gasteiger partial charge is 0.490 e. The van der Waals surface area contributed by atoms with Crippen molar-refractivity contribution in [3.63, 3.8) is 0 Å². The van der Waals surface area contributed by atoms with E-state index in [1.165, 1.54) is 0 Å². The van der Waals surface area contributed by atoms with Crippen molar-refractivity contribution in [3.05, 3.63) is 48.3 Å². The van der Waals surface area contributed by atoms with Gasteiger partial charge in [-0.15, -0.1) is 0 Å². The first-order valence-corrected chi connectivity index (χ1v) is 9.92. The summed E-state index contributed by atoms with van der Waals surface area (Å²) in [5, 5.41) is 0. The Balaban J connectivity index is 1.68. The summed E-state index contributed by atoms with van der Waals surface area (Å²) in [5.41, 5.74) is 0.929. The molecule has 1 fully saturated rings. The molecule has 2 aromatic rings. The molecule has 0 radical (unpaired) electrons. The molecule has 0 amide bonds. The molecule has 4 rings (SSSR count). The normalized spacial score (nSPS) is 21.0. The highest BCUT2D eigenvalue weighted by Gasteiger charge is 2.36. The molecule has 0 spiro atoms. The molecule has 132 valence electrons. The molecule has 0 bridgehead atoms. The fraction of sp³-hybridized carbons (Fsp3) is 0.389. The molecule has 2 aliphatic rings. The van der Waals surface area contributed by atoms with Crippen molar-refractivity contribution in [1.82, 2.24) is 9.29 Å². The van der Waals surface area contributed by atoms with Gasteiger partial charge in [-0.1, -0.05) is 6.07 Å². The predicted molar refractivity (Wildman–Crippen MR) is 92.2 cm³/mol. The Morgan fingerprint density at radius 2 is 1.92 bits per heavy atom. The van der Waals surface area contributed by atoms with E-state index in [0.29, 0.717) is 31.3 Å². The summed E-state index contributed by atoms with van der Waals surface area (Å²) in [6.07, 6.45) is 5.86. The number of pyridine rings is 1. The van der Waals surface area contributed by atoms with Gasteiger partial charge in [-0.2, -0.15) is 4.31 Å². The molecular formula is C18H20N2O4S. The summed E-state index contributed by atoms with van der Waals surface area (Å²) >= 11 is 0. The lowest BCUT2D eigenvalue weighted by Crippen LogP contribution is -2.30. The molecule has 7 heteroatoms. The molecular weight excluding hydrogens is 340 g/mol. The summed E-state index contributed by atoms with van der Waals surface area (Å²) in [7, 11) is -3.61. The fourth-order valence-corrected chi connectivity index (χ4v) is 5.07. The Labute approximate surface area is 147 Å². The zero-order valence-electron chi connectivity index (χ0n) is 13.8. The van der Waals surface area contributed by atoms with Crippen molar-refractivity contribution in [3.8, 4) is 11.5 Å². The van der Waals surface area contributed by atoms with Crippen molar-refractivity contribution >= 4 is 10.0 Å². The van der Waals surface area contributed by atoms with E-state index in [9.17, 15) is 8.42 Å². The molecule has 1 saturated heterocycles. The minimum atomic E-state index is -3.61. The highest BCUT2D eigenvalue weighted by atomic mass is 32.2. The Morgan fingerprint density at radius 3 is 2.72 bits per heavy atom. The van der Waals surface area contributed by atoms with Crippen LogP contribution in [-0.2, 0) is 10.0 Å². The number of benzene rings is 1. The van der Waals surface area contributed by atoms with Crippen LogP contribution in [-0.4, -0.2) is 37.5 Å².